The fraction of sp³-hybridized carbons (Fsp3) is 0.188. The number of amides is 2. The van der Waals surface area contributed by atoms with E-state index in [0.29, 0.717) is 16.7 Å². The SMILES string of the molecule is CCNC(=O)C(Cc1ccccc1)N(Cc1cccc(Br)c1)C(=O)CN(c1cccc(Br)c1)S(=O)(=O)c1ccccc1. The minimum Gasteiger partial charge on any atom is -0.355 e. The number of sulfonamides is 1. The third-order valence-electron chi connectivity index (χ3n) is 6.57. The minimum atomic E-state index is -4.14. The lowest BCUT2D eigenvalue weighted by Crippen LogP contribution is -2.53. The van der Waals surface area contributed by atoms with Crippen molar-refractivity contribution in [1.82, 2.24) is 10.2 Å². The van der Waals surface area contributed by atoms with E-state index < -0.39 is 28.5 Å². The molecule has 0 bridgehead atoms. The summed E-state index contributed by atoms with van der Waals surface area (Å²) >= 11 is 6.91. The molecule has 4 aromatic carbocycles. The Labute approximate surface area is 263 Å². The molecule has 0 aliphatic rings. The standard InChI is InChI=1S/C32H31Br2N3O4S/c1-2-35-32(39)30(20-24-11-5-3-6-12-24)36(22-25-13-9-14-26(33)19-25)31(38)23-37(28-16-10-15-27(34)21-28)42(40,41)29-17-7-4-8-18-29/h3-19,21,30H,2,20,22-23H2,1H3,(H,35,39). The molecule has 0 spiro atoms. The highest BCUT2D eigenvalue weighted by molar-refractivity contribution is 9.10. The fourth-order valence-corrected chi connectivity index (χ4v) is 6.82. The van der Waals surface area contributed by atoms with Gasteiger partial charge in [0.15, 0.2) is 0 Å². The molecule has 0 aliphatic carbocycles. The monoisotopic (exact) mass is 711 g/mol. The average Bonchev–Trinajstić information content (AvgIpc) is 2.98. The third-order valence-corrected chi connectivity index (χ3v) is 9.34. The molecule has 1 unspecified atom stereocenters. The summed E-state index contributed by atoms with van der Waals surface area (Å²) in [4.78, 5) is 29.4. The van der Waals surface area contributed by atoms with Crippen molar-refractivity contribution in [2.24, 2.45) is 0 Å². The van der Waals surface area contributed by atoms with Crippen molar-refractivity contribution in [3.8, 4) is 0 Å². The number of likely N-dealkylation sites (N-methyl/N-ethyl adjacent to an activating group) is 1. The van der Waals surface area contributed by atoms with Crippen LogP contribution in [0.4, 0.5) is 5.69 Å². The molecule has 10 heteroatoms. The summed E-state index contributed by atoms with van der Waals surface area (Å²) in [5.74, 6) is -0.828. The second-order valence-corrected chi connectivity index (χ2v) is 13.2. The largest absolute Gasteiger partial charge is 0.355 e. The van der Waals surface area contributed by atoms with Gasteiger partial charge in [0.25, 0.3) is 10.0 Å². The maximum atomic E-state index is 14.3. The van der Waals surface area contributed by atoms with Crippen molar-refractivity contribution in [3.05, 3.63) is 129 Å². The molecule has 0 radical (unpaired) electrons. The van der Waals surface area contributed by atoms with Crippen LogP contribution in [0.25, 0.3) is 0 Å². The Kier molecular flexibility index (Phi) is 11.0. The lowest BCUT2D eigenvalue weighted by molar-refractivity contribution is -0.140. The van der Waals surface area contributed by atoms with Crippen molar-refractivity contribution in [3.63, 3.8) is 0 Å². The van der Waals surface area contributed by atoms with Gasteiger partial charge < -0.3 is 10.2 Å². The van der Waals surface area contributed by atoms with E-state index in [1.807, 2.05) is 61.5 Å². The number of anilines is 1. The molecule has 0 heterocycles. The minimum absolute atomic E-state index is 0.0564. The van der Waals surface area contributed by atoms with Gasteiger partial charge in [0.2, 0.25) is 11.8 Å². The van der Waals surface area contributed by atoms with Crippen LogP contribution in [-0.4, -0.2) is 44.3 Å². The smallest absolute Gasteiger partial charge is 0.264 e. The summed E-state index contributed by atoms with van der Waals surface area (Å²) in [5.41, 5.74) is 1.99. The van der Waals surface area contributed by atoms with Gasteiger partial charge in [-0.25, -0.2) is 8.42 Å². The van der Waals surface area contributed by atoms with Gasteiger partial charge in [-0.3, -0.25) is 13.9 Å². The second kappa shape index (κ2) is 14.6. The number of rotatable bonds is 12. The van der Waals surface area contributed by atoms with Crippen LogP contribution in [0.15, 0.2) is 123 Å². The predicted molar refractivity (Wildman–Crippen MR) is 172 cm³/mol. The number of benzene rings is 4. The normalized spacial score (nSPS) is 11.9. The topological polar surface area (TPSA) is 86.8 Å². The molecule has 0 aliphatic heterocycles. The number of hydrogen-bond donors (Lipinski definition) is 1. The zero-order chi connectivity index (χ0) is 30.1. The Morgan fingerprint density at radius 3 is 2.00 bits per heavy atom. The summed E-state index contributed by atoms with van der Waals surface area (Å²) in [7, 11) is -4.14. The first-order valence-electron chi connectivity index (χ1n) is 13.4. The van der Waals surface area contributed by atoms with Gasteiger partial charge in [-0.05, 0) is 60.5 Å². The first-order valence-corrected chi connectivity index (χ1v) is 16.4. The molecular weight excluding hydrogens is 682 g/mol. The third kappa shape index (κ3) is 8.08. The van der Waals surface area contributed by atoms with E-state index in [1.54, 1.807) is 42.5 Å². The molecule has 0 saturated heterocycles. The van der Waals surface area contributed by atoms with Gasteiger partial charge in [-0.1, -0.05) is 98.6 Å². The molecule has 4 aromatic rings. The predicted octanol–water partition coefficient (Wildman–Crippen LogP) is 6.18. The van der Waals surface area contributed by atoms with Crippen LogP contribution in [-0.2, 0) is 32.6 Å². The Bertz CT molecular complexity index is 1620. The van der Waals surface area contributed by atoms with Crippen LogP contribution in [0.2, 0.25) is 0 Å². The molecule has 1 atom stereocenters. The van der Waals surface area contributed by atoms with E-state index in [-0.39, 0.29) is 23.8 Å². The summed E-state index contributed by atoms with van der Waals surface area (Å²) in [5, 5.41) is 2.87. The molecule has 0 aromatic heterocycles. The molecular formula is C32H31Br2N3O4S. The molecule has 218 valence electrons. The number of nitrogens with zero attached hydrogens (tertiary/aromatic N) is 2. The van der Waals surface area contributed by atoms with Crippen LogP contribution in [0.1, 0.15) is 18.1 Å². The molecule has 1 N–H and O–H groups in total. The van der Waals surface area contributed by atoms with Crippen LogP contribution < -0.4 is 9.62 Å². The first kappa shape index (κ1) is 31.5. The second-order valence-electron chi connectivity index (χ2n) is 9.56. The van der Waals surface area contributed by atoms with E-state index in [1.165, 1.54) is 17.0 Å². The van der Waals surface area contributed by atoms with E-state index >= 15 is 0 Å². The molecule has 4 rings (SSSR count). The molecule has 0 saturated carbocycles. The Morgan fingerprint density at radius 2 is 1.38 bits per heavy atom. The molecule has 42 heavy (non-hydrogen) atoms. The van der Waals surface area contributed by atoms with E-state index in [2.05, 4.69) is 37.2 Å². The lowest BCUT2D eigenvalue weighted by Gasteiger charge is -2.34. The first-order chi connectivity index (χ1) is 20.2. The average molecular weight is 713 g/mol. The quantitative estimate of drug-likeness (QED) is 0.190. The van der Waals surface area contributed by atoms with Crippen molar-refractivity contribution in [2.75, 3.05) is 17.4 Å². The summed E-state index contributed by atoms with van der Waals surface area (Å²) in [6.07, 6.45) is 0.259. The van der Waals surface area contributed by atoms with Crippen molar-refractivity contribution >= 4 is 59.4 Å². The number of carbonyl (C=O) groups excluding carboxylic acids is 2. The highest BCUT2D eigenvalue weighted by Crippen LogP contribution is 2.27. The Morgan fingerprint density at radius 1 is 0.786 bits per heavy atom. The summed E-state index contributed by atoms with van der Waals surface area (Å²) in [6, 6.07) is 30.8. The fourth-order valence-electron chi connectivity index (χ4n) is 4.56. The lowest BCUT2D eigenvalue weighted by atomic mass is 10.0. The molecule has 2 amide bonds. The van der Waals surface area contributed by atoms with Crippen LogP contribution in [0, 0.1) is 0 Å². The maximum absolute atomic E-state index is 14.3. The highest BCUT2D eigenvalue weighted by Gasteiger charge is 2.34. The molecule has 0 fully saturated rings. The Balaban J connectivity index is 1.79. The van der Waals surface area contributed by atoms with Crippen LogP contribution >= 0.6 is 31.9 Å². The number of nitrogens with one attached hydrogen (secondary N) is 1. The van der Waals surface area contributed by atoms with Gasteiger partial charge in [0.1, 0.15) is 12.6 Å². The van der Waals surface area contributed by atoms with Crippen molar-refractivity contribution in [1.29, 1.82) is 0 Å². The van der Waals surface area contributed by atoms with E-state index in [4.69, 9.17) is 0 Å². The van der Waals surface area contributed by atoms with E-state index in [9.17, 15) is 18.0 Å². The zero-order valence-electron chi connectivity index (χ0n) is 23.0. The van der Waals surface area contributed by atoms with Gasteiger partial charge in [0, 0.05) is 28.5 Å². The summed E-state index contributed by atoms with van der Waals surface area (Å²) in [6.45, 7) is 1.80. The van der Waals surface area contributed by atoms with Crippen LogP contribution in [0.3, 0.4) is 0 Å². The maximum Gasteiger partial charge on any atom is 0.264 e. The van der Waals surface area contributed by atoms with Gasteiger partial charge in [-0.2, -0.15) is 0 Å². The molecule has 7 nitrogen and oxygen atoms in total. The highest BCUT2D eigenvalue weighted by atomic mass is 79.9. The number of halogens is 2. The summed E-state index contributed by atoms with van der Waals surface area (Å²) < 4.78 is 30.5. The van der Waals surface area contributed by atoms with Crippen molar-refractivity contribution in [2.45, 2.75) is 30.8 Å². The Hall–Kier alpha value is -3.47. The van der Waals surface area contributed by atoms with Gasteiger partial charge in [-0.15, -0.1) is 0 Å². The van der Waals surface area contributed by atoms with Crippen LogP contribution in [0.5, 0.6) is 0 Å². The number of hydrogen-bond acceptors (Lipinski definition) is 4. The van der Waals surface area contributed by atoms with Gasteiger partial charge in [0.05, 0.1) is 10.6 Å². The zero-order valence-corrected chi connectivity index (χ0v) is 27.0. The van der Waals surface area contributed by atoms with Crippen molar-refractivity contribution < 1.29 is 18.0 Å². The van der Waals surface area contributed by atoms with E-state index in [0.717, 1.165) is 19.9 Å². The number of carbonyl (C=O) groups is 2. The van der Waals surface area contributed by atoms with Gasteiger partial charge >= 0.3 is 0 Å².